The SMILES string of the molecule is O=C1c2ccc(Oc3ccc4c(c3)C(=O)N(OS(=O)(=O)C(F)(F)C(F)(F)C(F)(F)C(F)(F)F)C4=O)cc2C(=O)N1OS(=O)(=O)C(F)(F)C(F)(F)C(F)(F)C(F)(F)F. The number of amides is 4. The van der Waals surface area contributed by atoms with Gasteiger partial charge in [0.15, 0.2) is 0 Å². The number of alkyl halides is 18. The fourth-order valence-corrected chi connectivity index (χ4v) is 5.85. The van der Waals surface area contributed by atoms with Gasteiger partial charge in [-0.15, -0.1) is 18.7 Å². The van der Waals surface area contributed by atoms with Crippen LogP contribution in [0.3, 0.4) is 0 Å². The van der Waals surface area contributed by atoms with Crippen LogP contribution in [0.1, 0.15) is 41.4 Å². The van der Waals surface area contributed by atoms with E-state index >= 15 is 0 Å². The molecule has 13 nitrogen and oxygen atoms in total. The van der Waals surface area contributed by atoms with Gasteiger partial charge in [-0.25, -0.2) is 0 Å². The molecule has 2 heterocycles. The third-order valence-corrected chi connectivity index (χ3v) is 9.54. The summed E-state index contributed by atoms with van der Waals surface area (Å²) in [5.74, 6) is -41.6. The maximum absolute atomic E-state index is 14.1. The van der Waals surface area contributed by atoms with Crippen LogP contribution in [0.25, 0.3) is 0 Å². The van der Waals surface area contributed by atoms with Gasteiger partial charge in [-0.1, -0.05) is 0 Å². The van der Waals surface area contributed by atoms with E-state index in [1.54, 1.807) is 0 Å². The van der Waals surface area contributed by atoms with Crippen LogP contribution in [0.2, 0.25) is 0 Å². The molecule has 4 amide bonds. The molecule has 316 valence electrons. The molecular weight excluding hydrogens is 898 g/mol. The van der Waals surface area contributed by atoms with Gasteiger partial charge in [0.2, 0.25) is 0 Å². The van der Waals surface area contributed by atoms with Crippen LogP contribution in [0.15, 0.2) is 36.4 Å². The predicted octanol–water partition coefficient (Wildman–Crippen LogP) is 6.05. The quantitative estimate of drug-likeness (QED) is 0.180. The molecule has 57 heavy (non-hydrogen) atoms. The van der Waals surface area contributed by atoms with Crippen LogP contribution in [0.5, 0.6) is 11.5 Å². The first-order valence-corrected chi connectivity index (χ1v) is 16.1. The number of carbonyl (C=O) groups is 4. The fourth-order valence-electron chi connectivity index (χ4n) is 4.12. The standard InChI is InChI=1S/C24H6F18N2O11S2/c25-17(26,21(33,34)35)19(29,30)23(39,40)56(49,50)54-43-13(45)9-3-1-7(5-11(9)15(43)47)53-8-2-4-10-12(6-8)16(48)44(14(10)46)55-57(51,52)24(41,42)20(31,32)18(27,28)22(36,37)38/h1-6H. The highest BCUT2D eigenvalue weighted by atomic mass is 32.2. The van der Waals surface area contributed by atoms with Crippen molar-refractivity contribution < 1.29 is 128 Å². The molecule has 33 heteroatoms. The minimum Gasteiger partial charge on any atom is -0.457 e. The summed E-state index contributed by atoms with van der Waals surface area (Å²) >= 11 is 0. The Morgan fingerprint density at radius 3 is 0.930 bits per heavy atom. The van der Waals surface area contributed by atoms with E-state index in [4.69, 9.17) is 4.74 Å². The topological polar surface area (TPSA) is 171 Å². The van der Waals surface area contributed by atoms with Crippen molar-refractivity contribution >= 4 is 43.9 Å². The molecule has 0 saturated heterocycles. The molecule has 0 aliphatic carbocycles. The van der Waals surface area contributed by atoms with E-state index in [1.165, 1.54) is 0 Å². The zero-order valence-corrected chi connectivity index (χ0v) is 27.1. The molecule has 0 unspecified atom stereocenters. The molecule has 0 atom stereocenters. The van der Waals surface area contributed by atoms with E-state index in [1.807, 2.05) is 0 Å². The Kier molecular flexibility index (Phi) is 10.1. The lowest BCUT2D eigenvalue weighted by molar-refractivity contribution is -0.383. The molecule has 0 fully saturated rings. The molecule has 0 radical (unpaired) electrons. The summed E-state index contributed by atoms with van der Waals surface area (Å²) < 4.78 is 297. The zero-order valence-electron chi connectivity index (χ0n) is 25.5. The van der Waals surface area contributed by atoms with Crippen LogP contribution < -0.4 is 4.74 Å². The molecule has 0 N–H and O–H groups in total. The van der Waals surface area contributed by atoms with E-state index in [0.29, 0.717) is 36.4 Å². The second-order valence-corrected chi connectivity index (χ2v) is 13.9. The molecular formula is C24H6F18N2O11S2. The highest BCUT2D eigenvalue weighted by Gasteiger charge is 2.87. The van der Waals surface area contributed by atoms with E-state index in [9.17, 15) is 115 Å². The Balaban J connectivity index is 1.57. The summed E-state index contributed by atoms with van der Waals surface area (Å²) in [7, 11) is -15.7. The molecule has 2 aliphatic rings. The number of halogens is 18. The third-order valence-electron chi connectivity index (χ3n) is 7.08. The van der Waals surface area contributed by atoms with Crippen molar-refractivity contribution in [1.82, 2.24) is 10.1 Å². The van der Waals surface area contributed by atoms with Gasteiger partial charge in [0.25, 0.3) is 23.6 Å². The van der Waals surface area contributed by atoms with Gasteiger partial charge >= 0.3 is 66.8 Å². The molecule has 2 aromatic carbocycles. The minimum atomic E-state index is -7.84. The van der Waals surface area contributed by atoms with Crippen LogP contribution in [0, 0.1) is 0 Å². The second-order valence-electron chi connectivity index (χ2n) is 10.7. The summed E-state index contributed by atoms with van der Waals surface area (Å²) in [6, 6.07) is 2.67. The maximum Gasteiger partial charge on any atom is 0.460 e. The first-order chi connectivity index (χ1) is 25.2. The summed E-state index contributed by atoms with van der Waals surface area (Å²) in [4.78, 5) is 50.0. The van der Waals surface area contributed by atoms with Gasteiger partial charge in [0.05, 0.1) is 22.3 Å². The zero-order chi connectivity index (χ0) is 44.3. The van der Waals surface area contributed by atoms with Crippen LogP contribution in [-0.2, 0) is 28.8 Å². The number of rotatable bonds is 12. The van der Waals surface area contributed by atoms with Gasteiger partial charge in [0.1, 0.15) is 11.5 Å². The second kappa shape index (κ2) is 12.8. The van der Waals surface area contributed by atoms with Gasteiger partial charge < -0.3 is 4.74 Å². The van der Waals surface area contributed by atoms with E-state index in [0.717, 1.165) is 0 Å². The van der Waals surface area contributed by atoms with Gasteiger partial charge in [-0.2, -0.15) is 95.9 Å². The van der Waals surface area contributed by atoms with Crippen LogP contribution in [-0.4, -0.2) is 97.1 Å². The molecule has 0 saturated carbocycles. The number of benzene rings is 2. The number of hydrogen-bond donors (Lipinski definition) is 0. The first-order valence-electron chi connectivity index (χ1n) is 13.3. The van der Waals surface area contributed by atoms with Gasteiger partial charge in [-0.05, 0) is 36.4 Å². The Morgan fingerprint density at radius 2 is 0.667 bits per heavy atom. The van der Waals surface area contributed by atoms with Crippen LogP contribution >= 0.6 is 0 Å². The number of ether oxygens (including phenoxy) is 1. The molecule has 0 bridgehead atoms. The summed E-state index contributed by atoms with van der Waals surface area (Å²) in [5, 5.41) is -17.6. The Hall–Kier alpha value is -4.92. The lowest BCUT2D eigenvalue weighted by atomic mass is 10.1. The van der Waals surface area contributed by atoms with Crippen molar-refractivity contribution in [2.75, 3.05) is 0 Å². The number of hydrogen-bond acceptors (Lipinski definition) is 11. The molecule has 0 spiro atoms. The predicted molar refractivity (Wildman–Crippen MR) is 136 cm³/mol. The number of hydroxylamine groups is 4. The van der Waals surface area contributed by atoms with Crippen molar-refractivity contribution in [3.05, 3.63) is 58.7 Å². The normalized spacial score (nSPS) is 16.7. The van der Waals surface area contributed by atoms with Crippen molar-refractivity contribution in [2.24, 2.45) is 0 Å². The largest absolute Gasteiger partial charge is 0.460 e. The van der Waals surface area contributed by atoms with Crippen LogP contribution in [0.4, 0.5) is 79.0 Å². The maximum atomic E-state index is 14.1. The van der Waals surface area contributed by atoms with E-state index < -0.39 is 134 Å². The number of fused-ring (bicyclic) bond motifs is 2. The van der Waals surface area contributed by atoms with Crippen molar-refractivity contribution in [3.63, 3.8) is 0 Å². The van der Waals surface area contributed by atoms with Crippen molar-refractivity contribution in [2.45, 2.75) is 46.6 Å². The average molecular weight is 904 g/mol. The lowest BCUT2D eigenvalue weighted by Gasteiger charge is -2.32. The monoisotopic (exact) mass is 904 g/mol. The van der Waals surface area contributed by atoms with Crippen molar-refractivity contribution in [1.29, 1.82) is 0 Å². The number of nitrogens with zero attached hydrogens (tertiary/aromatic N) is 2. The minimum absolute atomic E-state index is 0.331. The summed E-state index contributed by atoms with van der Waals surface area (Å²) in [5.41, 5.74) is -4.60. The fraction of sp³-hybridized carbons (Fsp3) is 0.333. The Bertz CT molecular complexity index is 2150. The Morgan fingerprint density at radius 1 is 0.404 bits per heavy atom. The van der Waals surface area contributed by atoms with Crippen molar-refractivity contribution in [3.8, 4) is 11.5 Å². The molecule has 4 rings (SSSR count). The Labute approximate surface area is 299 Å². The number of carbonyl (C=O) groups excluding carboxylic acids is 4. The third kappa shape index (κ3) is 6.36. The molecule has 0 aromatic heterocycles. The molecule has 2 aromatic rings. The lowest BCUT2D eigenvalue weighted by Crippen LogP contribution is -2.64. The average Bonchev–Trinajstić information content (AvgIpc) is 3.42. The van der Waals surface area contributed by atoms with Gasteiger partial charge in [-0.3, -0.25) is 19.2 Å². The van der Waals surface area contributed by atoms with E-state index in [2.05, 4.69) is 8.57 Å². The molecule has 2 aliphatic heterocycles. The first kappa shape index (κ1) is 44.8. The number of imide groups is 2. The summed E-state index contributed by atoms with van der Waals surface area (Å²) in [6.45, 7) is 0. The summed E-state index contributed by atoms with van der Waals surface area (Å²) in [6.07, 6.45) is -15.0. The van der Waals surface area contributed by atoms with E-state index in [-0.39, 0.29) is 0 Å². The highest BCUT2D eigenvalue weighted by Crippen LogP contribution is 2.56. The highest BCUT2D eigenvalue weighted by molar-refractivity contribution is 7.88. The smallest absolute Gasteiger partial charge is 0.457 e. The van der Waals surface area contributed by atoms with Gasteiger partial charge in [0, 0.05) is 0 Å².